The molecule has 24 heavy (non-hydrogen) atoms. The molecule has 0 aliphatic carbocycles. The monoisotopic (exact) mass is 345 g/mol. The lowest BCUT2D eigenvalue weighted by Gasteiger charge is -2.07. The second-order valence-electron chi connectivity index (χ2n) is 5.74. The normalized spacial score (nSPS) is 11.8. The van der Waals surface area contributed by atoms with Gasteiger partial charge in [-0.1, -0.05) is 0 Å². The third-order valence-corrected chi connectivity index (χ3v) is 4.82. The maximum absolute atomic E-state index is 11.2. The summed E-state index contributed by atoms with van der Waals surface area (Å²) >= 11 is 0. The molecule has 0 saturated heterocycles. The number of sulfone groups is 1. The fraction of sp³-hybridized carbons (Fsp3) is 0.294. The molecule has 0 atom stereocenters. The standard InChI is InChI=1S/C17H19N3O3S/c1-23-14-5-6-15-16(10-14)18-8-7-17(15)20-12-13(11-19-20)4-3-9-24(2,21)22/h5-8,10-12H,3-4,9H2,1-2H3. The molecule has 6 nitrogen and oxygen atoms in total. The molecule has 126 valence electrons. The van der Waals surface area contributed by atoms with Crippen molar-refractivity contribution in [1.82, 2.24) is 14.8 Å². The number of benzene rings is 1. The van der Waals surface area contributed by atoms with Gasteiger partial charge in [-0.15, -0.1) is 0 Å². The van der Waals surface area contributed by atoms with Gasteiger partial charge >= 0.3 is 0 Å². The Labute approximate surface area is 141 Å². The zero-order valence-electron chi connectivity index (χ0n) is 13.6. The zero-order chi connectivity index (χ0) is 17.2. The van der Waals surface area contributed by atoms with Gasteiger partial charge in [-0.2, -0.15) is 5.10 Å². The molecule has 0 unspecified atom stereocenters. The van der Waals surface area contributed by atoms with Crippen molar-refractivity contribution < 1.29 is 13.2 Å². The summed E-state index contributed by atoms with van der Waals surface area (Å²) in [5.74, 6) is 0.949. The summed E-state index contributed by atoms with van der Waals surface area (Å²) in [7, 11) is -1.30. The quantitative estimate of drug-likeness (QED) is 0.686. The van der Waals surface area contributed by atoms with E-state index < -0.39 is 9.84 Å². The summed E-state index contributed by atoms with van der Waals surface area (Å²) in [5, 5.41) is 5.38. The van der Waals surface area contributed by atoms with Gasteiger partial charge in [0.25, 0.3) is 0 Å². The summed E-state index contributed by atoms with van der Waals surface area (Å²) in [5.41, 5.74) is 2.77. The van der Waals surface area contributed by atoms with E-state index >= 15 is 0 Å². The predicted molar refractivity (Wildman–Crippen MR) is 93.4 cm³/mol. The van der Waals surface area contributed by atoms with Gasteiger partial charge < -0.3 is 4.74 Å². The number of ether oxygens (including phenoxy) is 1. The van der Waals surface area contributed by atoms with Gasteiger partial charge in [0.05, 0.1) is 30.3 Å². The number of aromatic nitrogens is 3. The van der Waals surface area contributed by atoms with Crippen molar-refractivity contribution in [2.24, 2.45) is 0 Å². The fourth-order valence-electron chi connectivity index (χ4n) is 2.60. The molecule has 2 heterocycles. The van der Waals surface area contributed by atoms with Gasteiger partial charge in [-0.25, -0.2) is 13.1 Å². The van der Waals surface area contributed by atoms with Gasteiger partial charge in [0.1, 0.15) is 15.6 Å². The molecular formula is C17H19N3O3S. The lowest BCUT2D eigenvalue weighted by molar-refractivity contribution is 0.415. The number of hydrogen-bond donors (Lipinski definition) is 0. The summed E-state index contributed by atoms with van der Waals surface area (Å²) in [6.07, 6.45) is 7.98. The van der Waals surface area contributed by atoms with E-state index in [1.165, 1.54) is 6.26 Å². The van der Waals surface area contributed by atoms with Crippen molar-refractivity contribution in [1.29, 1.82) is 0 Å². The number of rotatable bonds is 6. The minimum absolute atomic E-state index is 0.191. The first-order chi connectivity index (χ1) is 11.5. The Morgan fingerprint density at radius 1 is 1.25 bits per heavy atom. The van der Waals surface area contributed by atoms with Crippen LogP contribution in [-0.4, -0.2) is 42.3 Å². The van der Waals surface area contributed by atoms with Crippen LogP contribution in [0.5, 0.6) is 5.75 Å². The largest absolute Gasteiger partial charge is 0.497 e. The third-order valence-electron chi connectivity index (χ3n) is 3.79. The highest BCUT2D eigenvalue weighted by Crippen LogP contribution is 2.24. The smallest absolute Gasteiger partial charge is 0.147 e. The molecule has 0 radical (unpaired) electrons. The highest BCUT2D eigenvalue weighted by molar-refractivity contribution is 7.90. The van der Waals surface area contributed by atoms with Crippen molar-refractivity contribution in [3.05, 3.63) is 48.4 Å². The number of hydrogen-bond acceptors (Lipinski definition) is 5. The SMILES string of the molecule is COc1ccc2c(-n3cc(CCCS(C)(=O)=O)cn3)ccnc2c1. The Morgan fingerprint density at radius 3 is 2.83 bits per heavy atom. The molecule has 3 aromatic rings. The van der Waals surface area contributed by atoms with E-state index in [0.717, 1.165) is 27.9 Å². The van der Waals surface area contributed by atoms with E-state index in [1.807, 2.05) is 30.5 Å². The van der Waals surface area contributed by atoms with Crippen LogP contribution in [0, 0.1) is 0 Å². The van der Waals surface area contributed by atoms with E-state index in [4.69, 9.17) is 4.74 Å². The average Bonchev–Trinajstić information content (AvgIpc) is 3.01. The topological polar surface area (TPSA) is 74.1 Å². The molecule has 3 rings (SSSR count). The van der Waals surface area contributed by atoms with Crippen LogP contribution in [0.25, 0.3) is 16.6 Å². The van der Waals surface area contributed by atoms with Crippen LogP contribution in [0.4, 0.5) is 0 Å². The molecule has 2 aromatic heterocycles. The Kier molecular flexibility index (Phi) is 4.53. The van der Waals surface area contributed by atoms with Crippen molar-refractivity contribution in [3.8, 4) is 11.4 Å². The minimum Gasteiger partial charge on any atom is -0.497 e. The lowest BCUT2D eigenvalue weighted by atomic mass is 10.2. The Hall–Kier alpha value is -2.41. The van der Waals surface area contributed by atoms with Crippen molar-refractivity contribution >= 4 is 20.7 Å². The predicted octanol–water partition coefficient (Wildman–Crippen LogP) is 2.41. The van der Waals surface area contributed by atoms with Gasteiger partial charge in [0, 0.05) is 30.1 Å². The molecule has 0 N–H and O–H groups in total. The van der Waals surface area contributed by atoms with Crippen LogP contribution in [0.2, 0.25) is 0 Å². The van der Waals surface area contributed by atoms with E-state index in [1.54, 1.807) is 24.2 Å². The minimum atomic E-state index is -2.92. The average molecular weight is 345 g/mol. The van der Waals surface area contributed by atoms with Crippen LogP contribution < -0.4 is 4.74 Å². The molecule has 7 heteroatoms. The Balaban J connectivity index is 1.86. The van der Waals surface area contributed by atoms with Crippen LogP contribution in [0.3, 0.4) is 0 Å². The molecule has 0 spiro atoms. The van der Waals surface area contributed by atoms with E-state index in [-0.39, 0.29) is 5.75 Å². The third kappa shape index (κ3) is 3.73. The van der Waals surface area contributed by atoms with Gasteiger partial charge in [0.2, 0.25) is 0 Å². The van der Waals surface area contributed by atoms with E-state index in [2.05, 4.69) is 10.1 Å². The highest BCUT2D eigenvalue weighted by atomic mass is 32.2. The molecule has 0 amide bonds. The van der Waals surface area contributed by atoms with Gasteiger partial charge in [-0.3, -0.25) is 4.98 Å². The first-order valence-corrected chi connectivity index (χ1v) is 9.67. The van der Waals surface area contributed by atoms with Crippen molar-refractivity contribution in [3.63, 3.8) is 0 Å². The summed E-state index contributed by atoms with van der Waals surface area (Å²) in [6.45, 7) is 0. The molecule has 0 aliphatic rings. The Bertz CT molecular complexity index is 964. The second-order valence-corrected chi connectivity index (χ2v) is 8.00. The second kappa shape index (κ2) is 6.60. The van der Waals surface area contributed by atoms with Crippen LogP contribution in [0.15, 0.2) is 42.9 Å². The number of pyridine rings is 1. The van der Waals surface area contributed by atoms with Crippen LogP contribution in [0.1, 0.15) is 12.0 Å². The molecule has 0 fully saturated rings. The van der Waals surface area contributed by atoms with E-state index in [0.29, 0.717) is 12.8 Å². The van der Waals surface area contributed by atoms with Gasteiger partial charge in [-0.05, 0) is 36.6 Å². The summed E-state index contributed by atoms with van der Waals surface area (Å²) < 4.78 is 29.4. The molecular weight excluding hydrogens is 326 g/mol. The fourth-order valence-corrected chi connectivity index (χ4v) is 3.27. The maximum atomic E-state index is 11.2. The molecule has 0 bridgehead atoms. The van der Waals surface area contributed by atoms with Crippen molar-refractivity contribution in [2.75, 3.05) is 19.1 Å². The number of aryl methyl sites for hydroxylation is 1. The number of fused-ring (bicyclic) bond motifs is 1. The molecule has 0 saturated carbocycles. The highest BCUT2D eigenvalue weighted by Gasteiger charge is 2.08. The zero-order valence-corrected chi connectivity index (χ0v) is 14.5. The number of methoxy groups -OCH3 is 1. The van der Waals surface area contributed by atoms with E-state index in [9.17, 15) is 8.42 Å². The summed E-state index contributed by atoms with van der Waals surface area (Å²) in [4.78, 5) is 4.37. The van der Waals surface area contributed by atoms with Crippen LogP contribution >= 0.6 is 0 Å². The Morgan fingerprint density at radius 2 is 2.08 bits per heavy atom. The molecule has 1 aromatic carbocycles. The van der Waals surface area contributed by atoms with Crippen molar-refractivity contribution in [2.45, 2.75) is 12.8 Å². The maximum Gasteiger partial charge on any atom is 0.147 e. The molecule has 0 aliphatic heterocycles. The first kappa shape index (κ1) is 16.4. The van der Waals surface area contributed by atoms with Gasteiger partial charge in [0.15, 0.2) is 0 Å². The van der Waals surface area contributed by atoms with Crippen LogP contribution in [-0.2, 0) is 16.3 Å². The summed E-state index contributed by atoms with van der Waals surface area (Å²) in [6, 6.07) is 7.64. The lowest BCUT2D eigenvalue weighted by Crippen LogP contribution is -2.03. The number of nitrogens with zero attached hydrogens (tertiary/aromatic N) is 3. The first-order valence-electron chi connectivity index (χ1n) is 7.61.